The number of aryl methyl sites for hydroxylation is 1. The Morgan fingerprint density at radius 2 is 2.07 bits per heavy atom. The number of aromatic amines is 2. The zero-order chi connectivity index (χ0) is 19.8. The van der Waals surface area contributed by atoms with E-state index >= 15 is 0 Å². The Bertz CT molecular complexity index is 1030. The van der Waals surface area contributed by atoms with E-state index in [1.807, 2.05) is 19.1 Å². The van der Waals surface area contributed by atoms with Crippen molar-refractivity contribution in [2.75, 3.05) is 17.2 Å². The Balaban J connectivity index is 1.34. The number of imidazole rings is 1. The number of hydrogen-bond donors (Lipinski definition) is 4. The van der Waals surface area contributed by atoms with E-state index in [1.165, 1.54) is 12.8 Å². The highest BCUT2D eigenvalue weighted by molar-refractivity contribution is 5.89. The van der Waals surface area contributed by atoms with Gasteiger partial charge in [-0.2, -0.15) is 10.4 Å². The van der Waals surface area contributed by atoms with Crippen molar-refractivity contribution in [1.82, 2.24) is 30.0 Å². The fourth-order valence-electron chi connectivity index (χ4n) is 4.86. The van der Waals surface area contributed by atoms with Gasteiger partial charge in [-0.3, -0.25) is 10.00 Å². The molecule has 4 N–H and O–H groups in total. The number of H-pyrrole nitrogens is 2. The summed E-state index contributed by atoms with van der Waals surface area (Å²) in [5.41, 5.74) is 2.72. The standard InChI is InChI=1S/C20H25N9/c1-12-7-18(28-27-12)26-20-19-16(22-11-23-19)10-17(25-20)24-13-8-14-3-4-15(9-13)29(14)6-2-5-21/h7,10-11,13-15H,2-4,6,8-9H2,1H3,(H,22,23)(H3,24,25,26,27,28)/t13?,14-,15+. The van der Waals surface area contributed by atoms with E-state index in [9.17, 15) is 0 Å². The minimum atomic E-state index is 0.388. The number of piperidine rings is 1. The van der Waals surface area contributed by atoms with Gasteiger partial charge in [0.15, 0.2) is 11.6 Å². The second-order valence-electron chi connectivity index (χ2n) is 8.06. The lowest BCUT2D eigenvalue weighted by Crippen LogP contribution is -2.47. The predicted octanol–water partition coefficient (Wildman–Crippen LogP) is 3.05. The van der Waals surface area contributed by atoms with Crippen LogP contribution in [0.5, 0.6) is 0 Å². The van der Waals surface area contributed by atoms with E-state index in [0.717, 1.165) is 47.7 Å². The molecule has 0 saturated carbocycles. The number of hydrogen-bond acceptors (Lipinski definition) is 7. The van der Waals surface area contributed by atoms with E-state index in [4.69, 9.17) is 10.2 Å². The molecule has 0 amide bonds. The molecule has 2 bridgehead atoms. The molecule has 3 atom stereocenters. The Kier molecular flexibility index (Phi) is 4.56. The summed E-state index contributed by atoms with van der Waals surface area (Å²) in [7, 11) is 0. The van der Waals surface area contributed by atoms with Gasteiger partial charge >= 0.3 is 0 Å². The summed E-state index contributed by atoms with van der Waals surface area (Å²) in [6.07, 6.45) is 6.94. The summed E-state index contributed by atoms with van der Waals surface area (Å²) >= 11 is 0. The highest BCUT2D eigenvalue weighted by Crippen LogP contribution is 2.37. The minimum Gasteiger partial charge on any atom is -0.367 e. The third kappa shape index (κ3) is 3.51. The number of nitrogens with one attached hydrogen (secondary N) is 4. The molecule has 9 heteroatoms. The number of nitriles is 1. The van der Waals surface area contributed by atoms with Gasteiger partial charge < -0.3 is 15.6 Å². The quantitative estimate of drug-likeness (QED) is 0.509. The molecule has 5 heterocycles. The van der Waals surface area contributed by atoms with Crippen LogP contribution in [-0.2, 0) is 0 Å². The van der Waals surface area contributed by atoms with Gasteiger partial charge in [0.25, 0.3) is 0 Å². The zero-order valence-corrected chi connectivity index (χ0v) is 16.4. The van der Waals surface area contributed by atoms with Crippen molar-refractivity contribution in [3.63, 3.8) is 0 Å². The maximum Gasteiger partial charge on any atom is 0.162 e. The van der Waals surface area contributed by atoms with Crippen molar-refractivity contribution < 1.29 is 0 Å². The number of fused-ring (bicyclic) bond motifs is 3. The van der Waals surface area contributed by atoms with Crippen molar-refractivity contribution in [3.05, 3.63) is 24.2 Å². The SMILES string of the molecule is Cc1cc(Nc2nc(NC3C[C@H]4CC[C@@H](C3)N4CCC#N)cc3[nH]cnc23)n[nH]1. The van der Waals surface area contributed by atoms with Crippen LogP contribution in [0.4, 0.5) is 17.5 Å². The van der Waals surface area contributed by atoms with Gasteiger partial charge in [0.05, 0.1) is 17.9 Å². The molecule has 0 radical (unpaired) electrons. The smallest absolute Gasteiger partial charge is 0.162 e. The lowest BCUT2D eigenvalue weighted by Gasteiger charge is -2.39. The number of aromatic nitrogens is 5. The van der Waals surface area contributed by atoms with Crippen LogP contribution in [-0.4, -0.2) is 54.7 Å². The number of pyridine rings is 1. The molecule has 9 nitrogen and oxygen atoms in total. The van der Waals surface area contributed by atoms with Crippen LogP contribution in [0.15, 0.2) is 18.5 Å². The predicted molar refractivity (Wildman–Crippen MR) is 111 cm³/mol. The van der Waals surface area contributed by atoms with E-state index in [1.54, 1.807) is 6.33 Å². The number of rotatable bonds is 6. The van der Waals surface area contributed by atoms with Crippen LogP contribution in [0.25, 0.3) is 11.0 Å². The van der Waals surface area contributed by atoms with Gasteiger partial charge in [0, 0.05) is 48.9 Å². The van der Waals surface area contributed by atoms with Gasteiger partial charge in [-0.1, -0.05) is 0 Å². The molecule has 3 aromatic heterocycles. The molecule has 0 aromatic carbocycles. The maximum atomic E-state index is 8.92. The summed E-state index contributed by atoms with van der Waals surface area (Å²) in [6.45, 7) is 2.86. The molecular formula is C20H25N9. The summed E-state index contributed by atoms with van der Waals surface area (Å²) in [5.74, 6) is 2.25. The van der Waals surface area contributed by atoms with E-state index in [2.05, 4.69) is 41.8 Å². The normalized spacial score (nSPS) is 23.9. The molecule has 2 saturated heterocycles. The highest BCUT2D eigenvalue weighted by Gasteiger charge is 2.40. The van der Waals surface area contributed by atoms with Crippen molar-refractivity contribution in [1.29, 1.82) is 5.26 Å². The topological polar surface area (TPSA) is 121 Å². The van der Waals surface area contributed by atoms with Gasteiger partial charge in [0.2, 0.25) is 0 Å². The Hall–Kier alpha value is -3.12. The van der Waals surface area contributed by atoms with Gasteiger partial charge in [-0.25, -0.2) is 9.97 Å². The number of anilines is 3. The summed E-state index contributed by atoms with van der Waals surface area (Å²) in [6, 6.07) is 7.77. The molecule has 5 rings (SSSR count). The highest BCUT2D eigenvalue weighted by atomic mass is 15.2. The molecule has 0 spiro atoms. The van der Waals surface area contributed by atoms with Crippen molar-refractivity contribution >= 4 is 28.5 Å². The van der Waals surface area contributed by atoms with Crippen molar-refractivity contribution in [2.24, 2.45) is 0 Å². The zero-order valence-electron chi connectivity index (χ0n) is 16.4. The third-order valence-electron chi connectivity index (χ3n) is 6.08. The lowest BCUT2D eigenvalue weighted by atomic mass is 9.97. The van der Waals surface area contributed by atoms with Crippen molar-refractivity contribution in [2.45, 2.75) is 57.2 Å². The summed E-state index contributed by atoms with van der Waals surface area (Å²) < 4.78 is 0. The number of nitrogens with zero attached hydrogens (tertiary/aromatic N) is 5. The molecule has 29 heavy (non-hydrogen) atoms. The molecule has 1 unspecified atom stereocenters. The molecule has 2 aliphatic rings. The van der Waals surface area contributed by atoms with Crippen LogP contribution in [0.1, 0.15) is 37.8 Å². The van der Waals surface area contributed by atoms with E-state index in [0.29, 0.717) is 30.4 Å². The van der Waals surface area contributed by atoms with Crippen LogP contribution < -0.4 is 10.6 Å². The van der Waals surface area contributed by atoms with Gasteiger partial charge in [0.1, 0.15) is 11.3 Å². The van der Waals surface area contributed by atoms with Gasteiger partial charge in [-0.15, -0.1) is 0 Å². The second-order valence-corrected chi connectivity index (χ2v) is 8.06. The minimum absolute atomic E-state index is 0.388. The Morgan fingerprint density at radius 3 is 2.79 bits per heavy atom. The first kappa shape index (κ1) is 17.9. The first-order valence-electron chi connectivity index (χ1n) is 10.2. The van der Waals surface area contributed by atoms with Crippen LogP contribution >= 0.6 is 0 Å². The molecule has 2 aliphatic heterocycles. The van der Waals surface area contributed by atoms with E-state index in [-0.39, 0.29) is 0 Å². The second kappa shape index (κ2) is 7.37. The first-order chi connectivity index (χ1) is 14.2. The average Bonchev–Trinajstić information content (AvgIpc) is 3.39. The Morgan fingerprint density at radius 1 is 1.24 bits per heavy atom. The maximum absolute atomic E-state index is 8.92. The molecular weight excluding hydrogens is 366 g/mol. The van der Waals surface area contributed by atoms with Crippen molar-refractivity contribution in [3.8, 4) is 6.07 Å². The van der Waals surface area contributed by atoms with Crippen LogP contribution in [0.2, 0.25) is 0 Å². The molecule has 2 fully saturated rings. The average molecular weight is 391 g/mol. The lowest BCUT2D eigenvalue weighted by molar-refractivity contribution is 0.136. The summed E-state index contributed by atoms with van der Waals surface area (Å²) in [4.78, 5) is 14.9. The largest absolute Gasteiger partial charge is 0.367 e. The van der Waals surface area contributed by atoms with Gasteiger partial charge in [-0.05, 0) is 32.6 Å². The van der Waals surface area contributed by atoms with Crippen LogP contribution in [0.3, 0.4) is 0 Å². The monoisotopic (exact) mass is 391 g/mol. The summed E-state index contributed by atoms with van der Waals surface area (Å²) in [5, 5.41) is 23.0. The van der Waals surface area contributed by atoms with E-state index < -0.39 is 0 Å². The fourth-order valence-corrected chi connectivity index (χ4v) is 4.86. The van der Waals surface area contributed by atoms with Crippen LogP contribution in [0, 0.1) is 18.3 Å². The fraction of sp³-hybridized carbons (Fsp3) is 0.500. The molecule has 0 aliphatic carbocycles. The first-order valence-corrected chi connectivity index (χ1v) is 10.2. The Labute approximate surface area is 168 Å². The molecule has 3 aromatic rings. The third-order valence-corrected chi connectivity index (χ3v) is 6.08. The molecule has 150 valence electrons.